The van der Waals surface area contributed by atoms with E-state index in [1.165, 1.54) is 5.56 Å². The van der Waals surface area contributed by atoms with Crippen molar-refractivity contribution in [3.05, 3.63) is 35.4 Å². The molecule has 2 rings (SSSR count). The minimum atomic E-state index is -0.484. The van der Waals surface area contributed by atoms with Gasteiger partial charge in [-0.25, -0.2) is 0 Å². The number of ether oxygens (including phenoxy) is 1. The first-order chi connectivity index (χ1) is 9.91. The summed E-state index contributed by atoms with van der Waals surface area (Å²) in [6.45, 7) is 12.0. The summed E-state index contributed by atoms with van der Waals surface area (Å²) in [7, 11) is 0. The Kier molecular flexibility index (Phi) is 5.42. The molecule has 21 heavy (non-hydrogen) atoms. The van der Waals surface area contributed by atoms with Gasteiger partial charge in [0.2, 0.25) is 0 Å². The molecule has 0 bridgehead atoms. The quantitative estimate of drug-likeness (QED) is 0.905. The zero-order valence-corrected chi connectivity index (χ0v) is 13.8. The lowest BCUT2D eigenvalue weighted by atomic mass is 9.87. The smallest absolute Gasteiger partial charge is 0.0968 e. The minimum Gasteiger partial charge on any atom is -0.386 e. The van der Waals surface area contributed by atoms with Gasteiger partial charge in [-0.1, -0.05) is 38.1 Å². The number of hydrogen-bond acceptors (Lipinski definition) is 3. The van der Waals surface area contributed by atoms with E-state index >= 15 is 0 Å². The molecular formula is C18H29NO2. The van der Waals surface area contributed by atoms with Crippen LogP contribution in [0.5, 0.6) is 0 Å². The van der Waals surface area contributed by atoms with Gasteiger partial charge in [0.05, 0.1) is 19.3 Å². The van der Waals surface area contributed by atoms with Crippen molar-refractivity contribution in [3.63, 3.8) is 0 Å². The maximum absolute atomic E-state index is 10.9. The molecule has 0 saturated carbocycles. The van der Waals surface area contributed by atoms with Gasteiger partial charge in [0.15, 0.2) is 0 Å². The van der Waals surface area contributed by atoms with Crippen molar-refractivity contribution < 1.29 is 9.84 Å². The third-order valence-corrected chi connectivity index (χ3v) is 4.41. The van der Waals surface area contributed by atoms with E-state index in [1.807, 2.05) is 6.07 Å². The van der Waals surface area contributed by atoms with Gasteiger partial charge in [0, 0.05) is 18.6 Å². The van der Waals surface area contributed by atoms with Crippen molar-refractivity contribution >= 4 is 0 Å². The summed E-state index contributed by atoms with van der Waals surface area (Å²) in [6.07, 6.45) is 0.571. The average Bonchev–Trinajstić information content (AvgIpc) is 2.47. The van der Waals surface area contributed by atoms with Gasteiger partial charge >= 0.3 is 0 Å². The summed E-state index contributed by atoms with van der Waals surface area (Å²) < 4.78 is 5.42. The molecule has 0 radical (unpaired) electrons. The molecule has 1 aromatic rings. The number of nitrogens with zero attached hydrogens (tertiary/aromatic N) is 1. The molecule has 1 aliphatic rings. The summed E-state index contributed by atoms with van der Waals surface area (Å²) in [5.41, 5.74) is 2.05. The molecule has 1 aliphatic heterocycles. The molecule has 118 valence electrons. The van der Waals surface area contributed by atoms with Crippen LogP contribution in [0, 0.1) is 5.92 Å². The maximum Gasteiger partial charge on any atom is 0.0968 e. The highest BCUT2D eigenvalue weighted by atomic mass is 16.5. The Bertz CT molecular complexity index is 450. The zero-order valence-electron chi connectivity index (χ0n) is 13.8. The lowest BCUT2D eigenvalue weighted by Crippen LogP contribution is -2.53. The molecule has 0 spiro atoms. The van der Waals surface area contributed by atoms with Gasteiger partial charge in [0.1, 0.15) is 0 Å². The predicted octanol–water partition coefficient (Wildman–Crippen LogP) is 3.03. The maximum atomic E-state index is 10.9. The summed E-state index contributed by atoms with van der Waals surface area (Å²) in [5, 5.41) is 10.9. The number of aliphatic hydroxyl groups is 1. The van der Waals surface area contributed by atoms with Crippen molar-refractivity contribution in [2.75, 3.05) is 26.3 Å². The molecule has 1 fully saturated rings. The number of benzene rings is 1. The van der Waals surface area contributed by atoms with E-state index in [0.717, 1.165) is 38.3 Å². The van der Waals surface area contributed by atoms with E-state index < -0.39 is 6.10 Å². The number of aliphatic hydroxyl groups excluding tert-OH is 1. The second kappa shape index (κ2) is 6.91. The van der Waals surface area contributed by atoms with Gasteiger partial charge in [0.25, 0.3) is 0 Å². The molecule has 3 nitrogen and oxygen atoms in total. The van der Waals surface area contributed by atoms with Gasteiger partial charge in [-0.3, -0.25) is 4.90 Å². The van der Waals surface area contributed by atoms with Crippen LogP contribution in [0.25, 0.3) is 0 Å². The van der Waals surface area contributed by atoms with Crippen molar-refractivity contribution in [2.24, 2.45) is 5.92 Å². The normalized spacial score (nSPS) is 19.0. The minimum absolute atomic E-state index is 0.278. The van der Waals surface area contributed by atoms with Gasteiger partial charge in [-0.2, -0.15) is 0 Å². The highest BCUT2D eigenvalue weighted by Crippen LogP contribution is 2.32. The molecule has 1 saturated heterocycles. The molecule has 3 heteroatoms. The fourth-order valence-electron chi connectivity index (χ4n) is 3.08. The van der Waals surface area contributed by atoms with Crippen LogP contribution in [0.15, 0.2) is 24.3 Å². The molecule has 0 aliphatic carbocycles. The third kappa shape index (κ3) is 4.06. The van der Waals surface area contributed by atoms with Crippen LogP contribution in [0.2, 0.25) is 0 Å². The molecular weight excluding hydrogens is 262 g/mol. The number of hydrogen-bond donors (Lipinski definition) is 1. The lowest BCUT2D eigenvalue weighted by Gasteiger charge is -2.44. The van der Waals surface area contributed by atoms with E-state index in [2.05, 4.69) is 50.8 Å². The van der Waals surface area contributed by atoms with Gasteiger partial charge in [-0.15, -0.1) is 0 Å². The van der Waals surface area contributed by atoms with Crippen molar-refractivity contribution in [2.45, 2.75) is 45.8 Å². The first kappa shape index (κ1) is 16.5. The van der Waals surface area contributed by atoms with Crippen LogP contribution < -0.4 is 0 Å². The van der Waals surface area contributed by atoms with Crippen molar-refractivity contribution in [1.29, 1.82) is 0 Å². The summed E-state index contributed by atoms with van der Waals surface area (Å²) in [5.74, 6) is 0.629. The second-order valence-corrected chi connectivity index (χ2v) is 7.00. The molecule has 1 aromatic carbocycles. The van der Waals surface area contributed by atoms with E-state index in [9.17, 15) is 5.11 Å². The predicted molar refractivity (Wildman–Crippen MR) is 86.4 cm³/mol. The Morgan fingerprint density at radius 1 is 1.24 bits per heavy atom. The topological polar surface area (TPSA) is 32.7 Å². The fourth-order valence-corrected chi connectivity index (χ4v) is 3.08. The Morgan fingerprint density at radius 2 is 1.90 bits per heavy atom. The average molecular weight is 291 g/mol. The molecule has 0 aromatic heterocycles. The molecule has 1 N–H and O–H groups in total. The standard InChI is InChI=1S/C18H29NO2/c1-14(2)12-15-6-5-7-16(13-15)17(20)18(3,4)19-8-10-21-11-9-19/h5-7,13-14,17,20H,8-12H2,1-4H3. The zero-order chi connectivity index (χ0) is 15.5. The van der Waals surface area contributed by atoms with Crippen LogP contribution in [0.4, 0.5) is 0 Å². The van der Waals surface area contributed by atoms with Gasteiger partial charge < -0.3 is 9.84 Å². The highest BCUT2D eigenvalue weighted by Gasteiger charge is 2.36. The second-order valence-electron chi connectivity index (χ2n) is 7.00. The third-order valence-electron chi connectivity index (χ3n) is 4.41. The van der Waals surface area contributed by atoms with Gasteiger partial charge in [-0.05, 0) is 37.3 Å². The summed E-state index contributed by atoms with van der Waals surface area (Å²) in [6, 6.07) is 8.41. The van der Waals surface area contributed by atoms with E-state index in [1.54, 1.807) is 0 Å². The van der Waals surface area contributed by atoms with Crippen LogP contribution in [-0.2, 0) is 11.2 Å². The van der Waals surface area contributed by atoms with E-state index in [4.69, 9.17) is 4.74 Å². The first-order valence-corrected chi connectivity index (χ1v) is 8.01. The highest BCUT2D eigenvalue weighted by molar-refractivity contribution is 5.27. The van der Waals surface area contributed by atoms with Crippen molar-refractivity contribution in [3.8, 4) is 0 Å². The lowest BCUT2D eigenvalue weighted by molar-refractivity contribution is -0.0630. The molecule has 0 amide bonds. The SMILES string of the molecule is CC(C)Cc1cccc(C(O)C(C)(C)N2CCOCC2)c1. The molecule has 1 unspecified atom stereocenters. The van der Waals surface area contributed by atoms with E-state index in [0.29, 0.717) is 5.92 Å². The Hall–Kier alpha value is -0.900. The number of morpholine rings is 1. The largest absolute Gasteiger partial charge is 0.386 e. The van der Waals surface area contributed by atoms with Crippen LogP contribution in [0.3, 0.4) is 0 Å². The van der Waals surface area contributed by atoms with Crippen LogP contribution in [0.1, 0.15) is 44.9 Å². The summed E-state index contributed by atoms with van der Waals surface area (Å²) >= 11 is 0. The Morgan fingerprint density at radius 3 is 2.52 bits per heavy atom. The van der Waals surface area contributed by atoms with Crippen LogP contribution in [-0.4, -0.2) is 41.8 Å². The Balaban J connectivity index is 2.15. The van der Waals surface area contributed by atoms with Crippen molar-refractivity contribution in [1.82, 2.24) is 4.90 Å². The molecule has 1 atom stereocenters. The fraction of sp³-hybridized carbons (Fsp3) is 0.667. The Labute approximate surface area is 128 Å². The molecule has 1 heterocycles. The van der Waals surface area contributed by atoms with Crippen LogP contribution >= 0.6 is 0 Å². The first-order valence-electron chi connectivity index (χ1n) is 8.01. The summed E-state index contributed by atoms with van der Waals surface area (Å²) in [4.78, 5) is 2.33. The van der Waals surface area contributed by atoms with E-state index in [-0.39, 0.29) is 5.54 Å². The number of rotatable bonds is 5. The monoisotopic (exact) mass is 291 g/mol.